The Bertz CT molecular complexity index is 434. The van der Waals surface area contributed by atoms with Gasteiger partial charge in [-0.05, 0) is 0 Å². The van der Waals surface area contributed by atoms with Crippen LogP contribution in [0.3, 0.4) is 0 Å². The van der Waals surface area contributed by atoms with Gasteiger partial charge < -0.3 is 10.2 Å². The van der Waals surface area contributed by atoms with E-state index in [1.807, 2.05) is 0 Å². The van der Waals surface area contributed by atoms with Crippen LogP contribution in [0.4, 0.5) is 0 Å². The molecular formula is C14H18Cl4O2S4. The third kappa shape index (κ3) is 6.84. The van der Waals surface area contributed by atoms with Crippen molar-refractivity contribution < 1.29 is 10.2 Å². The number of rotatable bonds is 12. The Labute approximate surface area is 180 Å². The monoisotopic (exact) mass is 486 g/mol. The van der Waals surface area contributed by atoms with Crippen molar-refractivity contribution >= 4 is 93.5 Å². The van der Waals surface area contributed by atoms with Gasteiger partial charge in [-0.25, -0.2) is 0 Å². The number of hydrogen-bond acceptors (Lipinski definition) is 6. The highest BCUT2D eigenvalue weighted by molar-refractivity contribution is 8.03. The molecule has 2 nitrogen and oxygen atoms in total. The molecule has 1 aromatic carbocycles. The van der Waals surface area contributed by atoms with Gasteiger partial charge in [-0.1, -0.05) is 0 Å². The molecule has 0 amide bonds. The molecular weight excluding hydrogens is 470 g/mol. The number of hydrogen-bond donors (Lipinski definition) is 2. The van der Waals surface area contributed by atoms with Gasteiger partial charge in [-0.2, -0.15) is 0 Å². The second-order valence-corrected chi connectivity index (χ2v) is 10.1. The van der Waals surface area contributed by atoms with Gasteiger partial charge >= 0.3 is 0 Å². The summed E-state index contributed by atoms with van der Waals surface area (Å²) in [6.07, 6.45) is 0. The molecule has 1 rings (SSSR count). The molecule has 0 aromatic heterocycles. The summed E-state index contributed by atoms with van der Waals surface area (Å²) in [5.41, 5.74) is 0. The van der Waals surface area contributed by atoms with Gasteiger partial charge in [0.25, 0.3) is 0 Å². The zero-order chi connectivity index (χ0) is 17.9. The molecule has 0 heterocycles. The summed E-state index contributed by atoms with van der Waals surface area (Å²) >= 11 is 28.9. The minimum atomic E-state index is 0.173. The first kappa shape index (κ1) is 23.4. The molecule has 10 heteroatoms. The molecule has 2 N–H and O–H groups in total. The first-order valence-electron chi connectivity index (χ1n) is 6.99. The van der Waals surface area contributed by atoms with Gasteiger partial charge in [0.2, 0.25) is 0 Å². The first-order chi connectivity index (χ1) is 11.6. The molecule has 0 unspecified atom stereocenters. The van der Waals surface area contributed by atoms with Crippen molar-refractivity contribution in [2.75, 3.05) is 46.5 Å². The number of phenolic OH excluding ortho intramolecular Hbond substituents is 2. The fraction of sp³-hybridized carbons (Fsp3) is 0.571. The SMILES string of the molecule is Oc1c(SCCCl)c(SCCCl)c(O)c(SCCCl)c1SCCCl. The van der Waals surface area contributed by atoms with Crippen LogP contribution >= 0.6 is 93.5 Å². The fourth-order valence-corrected chi connectivity index (χ4v) is 6.49. The van der Waals surface area contributed by atoms with Crippen molar-refractivity contribution in [1.82, 2.24) is 0 Å². The number of benzene rings is 1. The Morgan fingerprint density at radius 3 is 0.875 bits per heavy atom. The average Bonchev–Trinajstić information content (AvgIpc) is 2.59. The van der Waals surface area contributed by atoms with Crippen molar-refractivity contribution in [3.05, 3.63) is 0 Å². The fourth-order valence-electron chi connectivity index (χ4n) is 1.73. The standard InChI is InChI=1S/C14H18Cl4O2S4/c15-1-5-21-11-9(19)13(23-7-3-17)14(24-8-4-18)10(20)12(11)22-6-2-16/h19-20H,1-8H2. The van der Waals surface area contributed by atoms with E-state index in [2.05, 4.69) is 0 Å². The predicted molar refractivity (Wildman–Crippen MR) is 116 cm³/mol. The van der Waals surface area contributed by atoms with Gasteiger partial charge in [-0.3, -0.25) is 0 Å². The smallest absolute Gasteiger partial charge is 0.145 e. The maximum Gasteiger partial charge on any atom is 0.145 e. The molecule has 138 valence electrons. The lowest BCUT2D eigenvalue weighted by Crippen LogP contribution is -1.95. The van der Waals surface area contributed by atoms with E-state index in [-0.39, 0.29) is 11.5 Å². The molecule has 0 bridgehead atoms. The molecule has 0 aliphatic rings. The lowest BCUT2D eigenvalue weighted by atomic mass is 10.3. The molecule has 0 radical (unpaired) electrons. The third-order valence-electron chi connectivity index (χ3n) is 2.57. The van der Waals surface area contributed by atoms with E-state index < -0.39 is 0 Å². The summed E-state index contributed by atoms with van der Waals surface area (Å²) in [5, 5.41) is 21.6. The highest BCUT2D eigenvalue weighted by Gasteiger charge is 2.24. The van der Waals surface area contributed by atoms with E-state index >= 15 is 0 Å². The zero-order valence-corrected chi connectivity index (χ0v) is 19.0. The molecule has 0 saturated heterocycles. The van der Waals surface area contributed by atoms with Crippen LogP contribution in [0.2, 0.25) is 0 Å². The highest BCUT2D eigenvalue weighted by Crippen LogP contribution is 2.54. The topological polar surface area (TPSA) is 40.5 Å². The molecule has 0 aliphatic heterocycles. The summed E-state index contributed by atoms with van der Waals surface area (Å²) in [4.78, 5) is 2.59. The van der Waals surface area contributed by atoms with E-state index in [1.54, 1.807) is 0 Å². The summed E-state index contributed by atoms with van der Waals surface area (Å²) in [5.74, 6) is 4.71. The minimum Gasteiger partial charge on any atom is -0.506 e. The van der Waals surface area contributed by atoms with Crippen LogP contribution in [0.5, 0.6) is 11.5 Å². The van der Waals surface area contributed by atoms with Crippen molar-refractivity contribution in [1.29, 1.82) is 0 Å². The van der Waals surface area contributed by atoms with Crippen LogP contribution < -0.4 is 0 Å². The average molecular weight is 488 g/mol. The molecule has 0 spiro atoms. The van der Waals surface area contributed by atoms with E-state index in [0.717, 1.165) is 0 Å². The van der Waals surface area contributed by atoms with Crippen LogP contribution in [0.1, 0.15) is 0 Å². The van der Waals surface area contributed by atoms with Gasteiger partial charge in [0.1, 0.15) is 11.5 Å². The number of phenols is 2. The van der Waals surface area contributed by atoms with Crippen molar-refractivity contribution in [2.45, 2.75) is 19.6 Å². The Kier molecular flexibility index (Phi) is 13.2. The number of alkyl halides is 4. The molecule has 0 atom stereocenters. The van der Waals surface area contributed by atoms with Gasteiger partial charge in [0.05, 0.1) is 19.6 Å². The molecule has 1 aromatic rings. The van der Waals surface area contributed by atoms with E-state index in [9.17, 15) is 10.2 Å². The Balaban J connectivity index is 3.39. The van der Waals surface area contributed by atoms with Gasteiger partial charge in [0.15, 0.2) is 0 Å². The zero-order valence-electron chi connectivity index (χ0n) is 12.7. The van der Waals surface area contributed by atoms with E-state index in [0.29, 0.717) is 66.1 Å². The van der Waals surface area contributed by atoms with Crippen LogP contribution in [-0.2, 0) is 0 Å². The molecule has 0 aliphatic carbocycles. The third-order valence-corrected chi connectivity index (χ3v) is 8.86. The number of thioether (sulfide) groups is 4. The number of halogens is 4. The predicted octanol–water partition coefficient (Wildman–Crippen LogP) is 6.42. The number of aromatic hydroxyl groups is 2. The first-order valence-corrected chi connectivity index (χ1v) is 13.1. The summed E-state index contributed by atoms with van der Waals surface area (Å²) in [6, 6.07) is 0. The minimum absolute atomic E-state index is 0.173. The summed E-state index contributed by atoms with van der Waals surface area (Å²) in [7, 11) is 0. The second kappa shape index (κ2) is 13.5. The highest BCUT2D eigenvalue weighted by atomic mass is 35.5. The van der Waals surface area contributed by atoms with Crippen molar-refractivity contribution in [3.63, 3.8) is 0 Å². The van der Waals surface area contributed by atoms with E-state index in [4.69, 9.17) is 46.4 Å². The summed E-state index contributed by atoms with van der Waals surface area (Å²) < 4.78 is 0. The van der Waals surface area contributed by atoms with E-state index in [1.165, 1.54) is 47.0 Å². The van der Waals surface area contributed by atoms with Crippen molar-refractivity contribution in [3.8, 4) is 11.5 Å². The molecule has 24 heavy (non-hydrogen) atoms. The molecule has 0 saturated carbocycles. The lowest BCUT2D eigenvalue weighted by Gasteiger charge is -2.19. The Hall–Kier alpha value is 1.38. The Morgan fingerprint density at radius 1 is 0.500 bits per heavy atom. The van der Waals surface area contributed by atoms with Crippen LogP contribution in [0, 0.1) is 0 Å². The Morgan fingerprint density at radius 2 is 0.708 bits per heavy atom. The second-order valence-electron chi connectivity index (χ2n) is 4.16. The quantitative estimate of drug-likeness (QED) is 0.201. The maximum atomic E-state index is 10.8. The van der Waals surface area contributed by atoms with Crippen LogP contribution in [0.15, 0.2) is 19.6 Å². The van der Waals surface area contributed by atoms with Crippen LogP contribution in [-0.4, -0.2) is 56.7 Å². The van der Waals surface area contributed by atoms with Gasteiger partial charge in [-0.15, -0.1) is 93.5 Å². The summed E-state index contributed by atoms with van der Waals surface area (Å²) in [6.45, 7) is 0. The normalized spacial score (nSPS) is 11.2. The lowest BCUT2D eigenvalue weighted by molar-refractivity contribution is 0.410. The van der Waals surface area contributed by atoms with Crippen molar-refractivity contribution in [2.24, 2.45) is 0 Å². The van der Waals surface area contributed by atoms with Gasteiger partial charge in [0, 0.05) is 46.5 Å². The maximum absolute atomic E-state index is 10.8. The molecule has 0 fully saturated rings. The van der Waals surface area contributed by atoms with Crippen LogP contribution in [0.25, 0.3) is 0 Å². The largest absolute Gasteiger partial charge is 0.506 e.